The first-order chi connectivity index (χ1) is 8.32. The van der Waals surface area contributed by atoms with Crippen LogP contribution in [0.4, 0.5) is 5.69 Å². The van der Waals surface area contributed by atoms with E-state index in [1.165, 1.54) is 4.90 Å². The molecule has 0 aliphatic carbocycles. The summed E-state index contributed by atoms with van der Waals surface area (Å²) in [6.45, 7) is 5.04. The van der Waals surface area contributed by atoms with Crippen LogP contribution in [0, 0.1) is 6.92 Å². The lowest BCUT2D eigenvalue weighted by Gasteiger charge is -2.25. The Labute approximate surface area is 106 Å². The molecule has 0 saturated carbocycles. The van der Waals surface area contributed by atoms with Crippen LogP contribution in [-0.4, -0.2) is 34.5 Å². The summed E-state index contributed by atoms with van der Waals surface area (Å²) in [5, 5.41) is 8.83. The maximum atomic E-state index is 12.3. The van der Waals surface area contributed by atoms with E-state index in [4.69, 9.17) is 10.8 Å². The van der Waals surface area contributed by atoms with E-state index in [1.807, 2.05) is 0 Å². The number of carboxylic acids is 1. The van der Waals surface area contributed by atoms with E-state index in [-0.39, 0.29) is 18.5 Å². The molecule has 0 atom stereocenters. The second-order valence-corrected chi connectivity index (χ2v) is 4.49. The number of hydrogen-bond acceptors (Lipinski definition) is 3. The number of hydrogen-bond donors (Lipinski definition) is 2. The van der Waals surface area contributed by atoms with Crippen LogP contribution in [0.25, 0.3) is 0 Å². The Hall–Kier alpha value is -2.04. The Bertz CT molecular complexity index is 469. The first-order valence-electron chi connectivity index (χ1n) is 5.71. The zero-order valence-corrected chi connectivity index (χ0v) is 10.8. The highest BCUT2D eigenvalue weighted by atomic mass is 16.4. The highest BCUT2D eigenvalue weighted by Gasteiger charge is 2.22. The third kappa shape index (κ3) is 3.23. The van der Waals surface area contributed by atoms with E-state index in [9.17, 15) is 9.59 Å². The van der Waals surface area contributed by atoms with Gasteiger partial charge in [-0.25, -0.2) is 0 Å². The number of carbonyl (C=O) groups excluding carboxylic acids is 1. The fourth-order valence-corrected chi connectivity index (χ4v) is 1.66. The third-order valence-electron chi connectivity index (χ3n) is 2.68. The minimum Gasteiger partial charge on any atom is -0.480 e. The van der Waals surface area contributed by atoms with E-state index in [0.29, 0.717) is 11.3 Å². The third-order valence-corrected chi connectivity index (χ3v) is 2.68. The molecule has 3 N–H and O–H groups in total. The fraction of sp³-hybridized carbons (Fsp3) is 0.385. The summed E-state index contributed by atoms with van der Waals surface area (Å²) >= 11 is 0. The second-order valence-electron chi connectivity index (χ2n) is 4.49. The zero-order chi connectivity index (χ0) is 13.9. The van der Waals surface area contributed by atoms with Gasteiger partial charge in [0.2, 0.25) is 0 Å². The molecule has 0 fully saturated rings. The molecule has 0 aromatic heterocycles. The molecule has 0 aliphatic heterocycles. The van der Waals surface area contributed by atoms with Crippen molar-refractivity contribution in [2.75, 3.05) is 12.3 Å². The van der Waals surface area contributed by atoms with Gasteiger partial charge in [0, 0.05) is 17.3 Å². The van der Waals surface area contributed by atoms with E-state index in [2.05, 4.69) is 0 Å². The van der Waals surface area contributed by atoms with Gasteiger partial charge in [0.1, 0.15) is 6.54 Å². The molecule has 0 spiro atoms. The maximum Gasteiger partial charge on any atom is 0.323 e. The van der Waals surface area contributed by atoms with E-state index >= 15 is 0 Å². The van der Waals surface area contributed by atoms with Crippen molar-refractivity contribution in [2.45, 2.75) is 26.8 Å². The Morgan fingerprint density at radius 1 is 1.39 bits per heavy atom. The van der Waals surface area contributed by atoms with Gasteiger partial charge < -0.3 is 15.7 Å². The molecule has 0 unspecified atom stereocenters. The van der Waals surface area contributed by atoms with Crippen LogP contribution in [0.3, 0.4) is 0 Å². The van der Waals surface area contributed by atoms with Crippen molar-refractivity contribution < 1.29 is 14.7 Å². The summed E-state index contributed by atoms with van der Waals surface area (Å²) in [4.78, 5) is 24.4. The molecule has 0 saturated heterocycles. The first kappa shape index (κ1) is 14.0. The van der Waals surface area contributed by atoms with Gasteiger partial charge in [-0.2, -0.15) is 0 Å². The number of amides is 1. The molecule has 1 aromatic rings. The summed E-state index contributed by atoms with van der Waals surface area (Å²) in [5.41, 5.74) is 7.38. The monoisotopic (exact) mass is 250 g/mol. The average Bonchev–Trinajstić information content (AvgIpc) is 2.27. The quantitative estimate of drug-likeness (QED) is 0.793. The summed E-state index contributed by atoms with van der Waals surface area (Å²) in [6.07, 6.45) is 0. The molecule has 0 radical (unpaired) electrons. The number of rotatable bonds is 4. The van der Waals surface area contributed by atoms with E-state index in [1.54, 1.807) is 39.0 Å². The van der Waals surface area contributed by atoms with E-state index in [0.717, 1.165) is 5.56 Å². The fourth-order valence-electron chi connectivity index (χ4n) is 1.66. The lowest BCUT2D eigenvalue weighted by atomic mass is 10.1. The largest absolute Gasteiger partial charge is 0.480 e. The van der Waals surface area contributed by atoms with Crippen molar-refractivity contribution in [1.29, 1.82) is 0 Å². The van der Waals surface area contributed by atoms with Crippen molar-refractivity contribution in [1.82, 2.24) is 4.90 Å². The summed E-state index contributed by atoms with van der Waals surface area (Å²) in [5.74, 6) is -1.34. The standard InChI is InChI=1S/C13H18N2O3/c1-8(2)15(7-12(16)17)13(18)11-6-10(14)5-4-9(11)3/h4-6,8H,7,14H2,1-3H3,(H,16,17). The summed E-state index contributed by atoms with van der Waals surface area (Å²) in [6, 6.07) is 4.86. The first-order valence-corrected chi connectivity index (χ1v) is 5.71. The number of aryl methyl sites for hydroxylation is 1. The van der Waals surface area contributed by atoms with Crippen LogP contribution >= 0.6 is 0 Å². The molecule has 0 aliphatic rings. The molecular weight excluding hydrogens is 232 g/mol. The predicted molar refractivity (Wildman–Crippen MR) is 69.4 cm³/mol. The lowest BCUT2D eigenvalue weighted by Crippen LogP contribution is -2.41. The molecule has 18 heavy (non-hydrogen) atoms. The Kier molecular flexibility index (Phi) is 4.31. The topological polar surface area (TPSA) is 83.6 Å². The number of nitrogens with zero attached hydrogens (tertiary/aromatic N) is 1. The van der Waals surface area contributed by atoms with Gasteiger partial charge >= 0.3 is 5.97 Å². The minimum atomic E-state index is -1.03. The van der Waals surface area contributed by atoms with Crippen molar-refractivity contribution >= 4 is 17.6 Å². The molecule has 0 heterocycles. The van der Waals surface area contributed by atoms with Crippen molar-refractivity contribution in [3.05, 3.63) is 29.3 Å². The van der Waals surface area contributed by atoms with Gasteiger partial charge in [-0.05, 0) is 38.5 Å². The number of carboxylic acid groups (broad SMARTS) is 1. The highest BCUT2D eigenvalue weighted by molar-refractivity contribution is 5.98. The Morgan fingerprint density at radius 2 is 2.00 bits per heavy atom. The van der Waals surface area contributed by atoms with Gasteiger partial charge in [0.25, 0.3) is 5.91 Å². The van der Waals surface area contributed by atoms with Crippen molar-refractivity contribution in [3.63, 3.8) is 0 Å². The number of benzene rings is 1. The van der Waals surface area contributed by atoms with Crippen LogP contribution < -0.4 is 5.73 Å². The van der Waals surface area contributed by atoms with Gasteiger partial charge in [0.15, 0.2) is 0 Å². The second kappa shape index (κ2) is 5.53. The van der Waals surface area contributed by atoms with Crippen LogP contribution in [0.1, 0.15) is 29.8 Å². The van der Waals surface area contributed by atoms with Crippen molar-refractivity contribution in [3.8, 4) is 0 Å². The average molecular weight is 250 g/mol. The molecule has 0 bridgehead atoms. The van der Waals surface area contributed by atoms with Crippen LogP contribution in [0.2, 0.25) is 0 Å². The van der Waals surface area contributed by atoms with Gasteiger partial charge in [-0.1, -0.05) is 6.07 Å². The smallest absolute Gasteiger partial charge is 0.323 e. The Morgan fingerprint density at radius 3 is 2.50 bits per heavy atom. The van der Waals surface area contributed by atoms with Gasteiger partial charge in [-0.3, -0.25) is 9.59 Å². The SMILES string of the molecule is Cc1ccc(N)cc1C(=O)N(CC(=O)O)C(C)C. The molecule has 5 heteroatoms. The molecule has 1 rings (SSSR count). The van der Waals surface area contributed by atoms with Gasteiger partial charge in [-0.15, -0.1) is 0 Å². The molecule has 5 nitrogen and oxygen atoms in total. The summed E-state index contributed by atoms with van der Waals surface area (Å²) < 4.78 is 0. The normalized spacial score (nSPS) is 10.4. The molecule has 1 aromatic carbocycles. The van der Waals surface area contributed by atoms with E-state index < -0.39 is 5.97 Å². The number of nitrogen functional groups attached to an aromatic ring is 1. The maximum absolute atomic E-state index is 12.3. The molecular formula is C13H18N2O3. The number of carbonyl (C=O) groups is 2. The number of aliphatic carboxylic acids is 1. The van der Waals surface area contributed by atoms with Crippen LogP contribution in [-0.2, 0) is 4.79 Å². The molecule has 98 valence electrons. The number of nitrogens with two attached hydrogens (primary N) is 1. The van der Waals surface area contributed by atoms with Crippen LogP contribution in [0.15, 0.2) is 18.2 Å². The summed E-state index contributed by atoms with van der Waals surface area (Å²) in [7, 11) is 0. The minimum absolute atomic E-state index is 0.186. The highest BCUT2D eigenvalue weighted by Crippen LogP contribution is 2.16. The number of anilines is 1. The lowest BCUT2D eigenvalue weighted by molar-refractivity contribution is -0.138. The van der Waals surface area contributed by atoms with Gasteiger partial charge in [0.05, 0.1) is 0 Å². The predicted octanol–water partition coefficient (Wildman–Crippen LogP) is 1.51. The van der Waals surface area contributed by atoms with Crippen molar-refractivity contribution in [2.24, 2.45) is 0 Å². The zero-order valence-electron chi connectivity index (χ0n) is 10.8. The van der Waals surface area contributed by atoms with Crippen LogP contribution in [0.5, 0.6) is 0 Å². The molecule has 1 amide bonds. The Balaban J connectivity index is 3.09.